The number of hydrogen-bond donors (Lipinski definition) is 1. The molecule has 0 fully saturated rings. The number of methoxy groups -OCH3 is 1. The highest BCUT2D eigenvalue weighted by Gasteiger charge is 2.29. The molecule has 6 nitrogen and oxygen atoms in total. The van der Waals surface area contributed by atoms with Gasteiger partial charge in [-0.1, -0.05) is 35.4 Å². The lowest BCUT2D eigenvalue weighted by atomic mass is 9.87. The Morgan fingerprint density at radius 2 is 1.79 bits per heavy atom. The number of ether oxygens (including phenoxy) is 1. The molecule has 3 aromatic carbocycles. The lowest BCUT2D eigenvalue weighted by Crippen LogP contribution is -2.42. The number of rotatable bonds is 7. The molecule has 0 aliphatic heterocycles. The second-order valence-corrected chi connectivity index (χ2v) is 10.7. The van der Waals surface area contributed by atoms with E-state index in [1.807, 2.05) is 25.1 Å². The standard InChI is InChI=1S/C26H27ClN2O4S/c1-18-6-13-23(14-7-18)34(31,32)29(21-10-8-20(27)9-11-21)17-26(30)28-25-5-3-4-19-16-22(33-2)12-15-24(19)25/h6-16,25H,3-5,17H2,1-2H3,(H,28,30). The molecule has 4 rings (SSSR count). The van der Waals surface area contributed by atoms with Crippen molar-refractivity contribution in [2.45, 2.75) is 37.1 Å². The Kier molecular flexibility index (Phi) is 7.14. The first-order valence-electron chi connectivity index (χ1n) is 11.1. The molecule has 0 bridgehead atoms. The zero-order chi connectivity index (χ0) is 24.3. The quantitative estimate of drug-likeness (QED) is 0.494. The Balaban J connectivity index is 1.60. The summed E-state index contributed by atoms with van der Waals surface area (Å²) in [6, 6.07) is 18.7. The van der Waals surface area contributed by atoms with E-state index in [1.165, 1.54) is 0 Å². The second kappa shape index (κ2) is 10.1. The van der Waals surface area contributed by atoms with Crippen LogP contribution < -0.4 is 14.4 Å². The van der Waals surface area contributed by atoms with Gasteiger partial charge in [0.2, 0.25) is 5.91 Å². The Morgan fingerprint density at radius 1 is 1.09 bits per heavy atom. The van der Waals surface area contributed by atoms with Gasteiger partial charge in [-0.25, -0.2) is 8.42 Å². The van der Waals surface area contributed by atoms with E-state index in [9.17, 15) is 13.2 Å². The van der Waals surface area contributed by atoms with Crippen LogP contribution in [0.1, 0.15) is 35.6 Å². The van der Waals surface area contributed by atoms with Gasteiger partial charge in [-0.2, -0.15) is 0 Å². The Bertz CT molecular complexity index is 1280. The summed E-state index contributed by atoms with van der Waals surface area (Å²) < 4.78 is 33.5. The molecular formula is C26H27ClN2O4S. The number of nitrogens with one attached hydrogen (secondary N) is 1. The lowest BCUT2D eigenvalue weighted by molar-refractivity contribution is -0.120. The van der Waals surface area contributed by atoms with Gasteiger partial charge in [0.1, 0.15) is 12.3 Å². The molecule has 1 atom stereocenters. The number of sulfonamides is 1. The van der Waals surface area contributed by atoms with Gasteiger partial charge < -0.3 is 10.1 Å². The second-order valence-electron chi connectivity index (χ2n) is 8.38. The van der Waals surface area contributed by atoms with E-state index in [-0.39, 0.29) is 23.4 Å². The predicted octanol–water partition coefficient (Wildman–Crippen LogP) is 5.05. The zero-order valence-corrected chi connectivity index (χ0v) is 20.7. The number of hydrogen-bond acceptors (Lipinski definition) is 4. The van der Waals surface area contributed by atoms with Crippen LogP contribution in [0, 0.1) is 6.92 Å². The van der Waals surface area contributed by atoms with Crippen molar-refractivity contribution in [3.05, 3.63) is 88.4 Å². The number of carbonyl (C=O) groups is 1. The van der Waals surface area contributed by atoms with E-state index in [0.717, 1.165) is 46.0 Å². The number of anilines is 1. The maximum atomic E-state index is 13.5. The maximum absolute atomic E-state index is 13.5. The summed E-state index contributed by atoms with van der Waals surface area (Å²) in [5.74, 6) is 0.406. The Hall–Kier alpha value is -3.03. The number of fused-ring (bicyclic) bond motifs is 1. The fourth-order valence-corrected chi connectivity index (χ4v) is 5.74. The van der Waals surface area contributed by atoms with Crippen molar-refractivity contribution in [3.63, 3.8) is 0 Å². The van der Waals surface area contributed by atoms with Gasteiger partial charge in [-0.15, -0.1) is 0 Å². The molecule has 178 valence electrons. The maximum Gasteiger partial charge on any atom is 0.264 e. The van der Waals surface area contributed by atoms with E-state index in [4.69, 9.17) is 16.3 Å². The first-order valence-corrected chi connectivity index (χ1v) is 12.9. The van der Waals surface area contributed by atoms with Crippen molar-refractivity contribution in [2.75, 3.05) is 18.0 Å². The molecule has 0 spiro atoms. The number of halogens is 1. The van der Waals surface area contributed by atoms with Gasteiger partial charge in [-0.05, 0) is 85.8 Å². The molecule has 1 unspecified atom stereocenters. The van der Waals surface area contributed by atoms with Crippen molar-refractivity contribution in [1.29, 1.82) is 0 Å². The summed E-state index contributed by atoms with van der Waals surface area (Å²) in [5, 5.41) is 3.53. The summed E-state index contributed by atoms with van der Waals surface area (Å²) in [6.07, 6.45) is 2.63. The number of amides is 1. The monoisotopic (exact) mass is 498 g/mol. The van der Waals surface area contributed by atoms with Crippen LogP contribution in [0.5, 0.6) is 5.75 Å². The summed E-state index contributed by atoms with van der Waals surface area (Å²) in [6.45, 7) is 1.54. The molecule has 1 aliphatic rings. The molecule has 0 radical (unpaired) electrons. The third kappa shape index (κ3) is 5.21. The summed E-state index contributed by atoms with van der Waals surface area (Å²) in [5.41, 5.74) is 3.49. The molecule has 34 heavy (non-hydrogen) atoms. The van der Waals surface area contributed by atoms with Crippen LogP contribution in [0.15, 0.2) is 71.6 Å². The average Bonchev–Trinajstić information content (AvgIpc) is 2.83. The van der Waals surface area contributed by atoms with Crippen LogP contribution in [0.3, 0.4) is 0 Å². The van der Waals surface area contributed by atoms with E-state index < -0.39 is 10.0 Å². The van der Waals surface area contributed by atoms with Gasteiger partial charge in [0.15, 0.2) is 0 Å². The minimum absolute atomic E-state index is 0.121. The van der Waals surface area contributed by atoms with Crippen molar-refractivity contribution in [2.24, 2.45) is 0 Å². The van der Waals surface area contributed by atoms with Gasteiger partial charge in [0.05, 0.1) is 23.7 Å². The van der Waals surface area contributed by atoms with Gasteiger partial charge in [0.25, 0.3) is 10.0 Å². The van der Waals surface area contributed by atoms with E-state index in [0.29, 0.717) is 10.7 Å². The summed E-state index contributed by atoms with van der Waals surface area (Å²) in [4.78, 5) is 13.3. The molecule has 8 heteroatoms. The molecular weight excluding hydrogens is 472 g/mol. The van der Waals surface area contributed by atoms with Crippen LogP contribution in [0.25, 0.3) is 0 Å². The number of aryl methyl sites for hydroxylation is 2. The van der Waals surface area contributed by atoms with E-state index >= 15 is 0 Å². The smallest absolute Gasteiger partial charge is 0.264 e. The molecule has 1 N–H and O–H groups in total. The van der Waals surface area contributed by atoms with Crippen LogP contribution in [0.2, 0.25) is 5.02 Å². The molecule has 0 saturated carbocycles. The van der Waals surface area contributed by atoms with Crippen molar-refractivity contribution in [1.82, 2.24) is 5.32 Å². The van der Waals surface area contributed by atoms with Gasteiger partial charge in [-0.3, -0.25) is 9.10 Å². The Labute approximate surface area is 205 Å². The van der Waals surface area contributed by atoms with Crippen LogP contribution in [-0.4, -0.2) is 28.0 Å². The SMILES string of the molecule is COc1ccc2c(c1)CCCC2NC(=O)CN(c1ccc(Cl)cc1)S(=O)(=O)c1ccc(C)cc1. The van der Waals surface area contributed by atoms with Gasteiger partial charge >= 0.3 is 0 Å². The normalized spacial score (nSPS) is 15.3. The molecule has 3 aromatic rings. The first kappa shape index (κ1) is 24.1. The summed E-state index contributed by atoms with van der Waals surface area (Å²) >= 11 is 6.01. The lowest BCUT2D eigenvalue weighted by Gasteiger charge is -2.29. The van der Waals surface area contributed by atoms with E-state index in [1.54, 1.807) is 55.6 Å². The molecule has 0 aromatic heterocycles. The zero-order valence-electron chi connectivity index (χ0n) is 19.1. The van der Waals surface area contributed by atoms with Crippen molar-refractivity contribution >= 4 is 33.2 Å². The number of benzene rings is 3. The fourth-order valence-electron chi connectivity index (χ4n) is 4.20. The summed E-state index contributed by atoms with van der Waals surface area (Å²) in [7, 11) is -2.35. The Morgan fingerprint density at radius 3 is 2.47 bits per heavy atom. The molecule has 1 aliphatic carbocycles. The third-order valence-corrected chi connectivity index (χ3v) is 8.05. The van der Waals surface area contributed by atoms with Crippen molar-refractivity contribution in [3.8, 4) is 5.75 Å². The van der Waals surface area contributed by atoms with Crippen LogP contribution in [0.4, 0.5) is 5.69 Å². The van der Waals surface area contributed by atoms with Crippen LogP contribution >= 0.6 is 11.6 Å². The number of carbonyl (C=O) groups excluding carboxylic acids is 1. The highest BCUT2D eigenvalue weighted by molar-refractivity contribution is 7.92. The van der Waals surface area contributed by atoms with Crippen LogP contribution in [-0.2, 0) is 21.2 Å². The molecule has 0 heterocycles. The van der Waals surface area contributed by atoms with Crippen molar-refractivity contribution < 1.29 is 17.9 Å². The highest BCUT2D eigenvalue weighted by atomic mass is 35.5. The number of nitrogens with zero attached hydrogens (tertiary/aromatic N) is 1. The molecule has 1 amide bonds. The fraction of sp³-hybridized carbons (Fsp3) is 0.269. The molecule has 0 saturated heterocycles. The highest BCUT2D eigenvalue weighted by Crippen LogP contribution is 2.32. The minimum atomic E-state index is -3.98. The predicted molar refractivity (Wildman–Crippen MR) is 134 cm³/mol. The topological polar surface area (TPSA) is 75.7 Å². The first-order chi connectivity index (χ1) is 16.3. The van der Waals surface area contributed by atoms with Gasteiger partial charge in [0, 0.05) is 5.02 Å². The minimum Gasteiger partial charge on any atom is -0.497 e. The van der Waals surface area contributed by atoms with E-state index in [2.05, 4.69) is 5.32 Å². The average molecular weight is 499 g/mol. The third-order valence-electron chi connectivity index (χ3n) is 6.01. The largest absolute Gasteiger partial charge is 0.497 e.